The number of fused-ring (bicyclic) bond motifs is 1. The van der Waals surface area contributed by atoms with E-state index in [4.69, 9.17) is 4.74 Å². The van der Waals surface area contributed by atoms with Gasteiger partial charge in [0.25, 0.3) is 0 Å². The number of nitrogens with zero attached hydrogens (tertiary/aromatic N) is 3. The van der Waals surface area contributed by atoms with Crippen LogP contribution in [0.1, 0.15) is 62.6 Å². The molecule has 1 saturated carbocycles. The van der Waals surface area contributed by atoms with Gasteiger partial charge in [0, 0.05) is 24.2 Å². The van der Waals surface area contributed by atoms with Gasteiger partial charge in [0.2, 0.25) is 0 Å². The molecular formula is C27H31N3O2. The Morgan fingerprint density at radius 2 is 1.94 bits per heavy atom. The van der Waals surface area contributed by atoms with Gasteiger partial charge < -0.3 is 4.74 Å². The number of nitriles is 1. The van der Waals surface area contributed by atoms with Crippen molar-refractivity contribution in [3.63, 3.8) is 0 Å². The number of carbonyl (C=O) groups excluding carboxylic acids is 1. The van der Waals surface area contributed by atoms with E-state index in [1.54, 1.807) is 10.6 Å². The highest BCUT2D eigenvalue weighted by atomic mass is 16.6. The van der Waals surface area contributed by atoms with E-state index in [-0.39, 0.29) is 6.09 Å². The maximum absolute atomic E-state index is 12.9. The minimum absolute atomic E-state index is 0.346. The van der Waals surface area contributed by atoms with E-state index >= 15 is 0 Å². The fraction of sp³-hybridized carbons (Fsp3) is 0.407. The van der Waals surface area contributed by atoms with Crippen molar-refractivity contribution >= 4 is 17.0 Å². The smallest absolute Gasteiger partial charge is 0.419 e. The van der Waals surface area contributed by atoms with E-state index in [1.807, 2.05) is 45.2 Å². The van der Waals surface area contributed by atoms with Crippen molar-refractivity contribution in [1.82, 2.24) is 9.47 Å². The van der Waals surface area contributed by atoms with Gasteiger partial charge in [-0.2, -0.15) is 5.26 Å². The molecule has 5 nitrogen and oxygen atoms in total. The van der Waals surface area contributed by atoms with E-state index in [0.29, 0.717) is 17.5 Å². The third-order valence-electron chi connectivity index (χ3n) is 6.30. The largest absolute Gasteiger partial charge is 0.443 e. The average Bonchev–Trinajstić information content (AvgIpc) is 3.38. The Bertz CT molecular complexity index is 1150. The van der Waals surface area contributed by atoms with Crippen LogP contribution in [0.5, 0.6) is 0 Å². The van der Waals surface area contributed by atoms with Crippen molar-refractivity contribution in [3.8, 4) is 6.07 Å². The molecule has 3 aromatic rings. The first-order chi connectivity index (χ1) is 15.2. The van der Waals surface area contributed by atoms with Gasteiger partial charge in [-0.1, -0.05) is 30.3 Å². The maximum atomic E-state index is 12.9. The highest BCUT2D eigenvalue weighted by molar-refractivity contribution is 5.93. The van der Waals surface area contributed by atoms with Crippen molar-refractivity contribution in [2.75, 3.05) is 7.05 Å². The molecule has 2 atom stereocenters. The fourth-order valence-corrected chi connectivity index (χ4v) is 4.75. The molecule has 1 fully saturated rings. The van der Waals surface area contributed by atoms with Crippen molar-refractivity contribution < 1.29 is 9.53 Å². The third-order valence-corrected chi connectivity index (χ3v) is 6.30. The predicted molar refractivity (Wildman–Crippen MR) is 127 cm³/mol. The zero-order valence-electron chi connectivity index (χ0n) is 19.3. The molecule has 0 N–H and O–H groups in total. The monoisotopic (exact) mass is 429 g/mol. The normalized spacial score (nSPS) is 18.8. The molecule has 0 unspecified atom stereocenters. The van der Waals surface area contributed by atoms with Gasteiger partial charge in [0.1, 0.15) is 5.60 Å². The van der Waals surface area contributed by atoms with Crippen molar-refractivity contribution in [2.24, 2.45) is 0 Å². The highest BCUT2D eigenvalue weighted by Crippen LogP contribution is 2.41. The molecule has 1 aliphatic rings. The third kappa shape index (κ3) is 4.71. The molecule has 0 amide bonds. The van der Waals surface area contributed by atoms with Gasteiger partial charge in [0.15, 0.2) is 0 Å². The first kappa shape index (κ1) is 22.1. The van der Waals surface area contributed by atoms with Crippen molar-refractivity contribution in [3.05, 3.63) is 71.4 Å². The van der Waals surface area contributed by atoms with E-state index < -0.39 is 5.60 Å². The summed E-state index contributed by atoms with van der Waals surface area (Å²) in [6.45, 7) is 6.54. The highest BCUT2D eigenvalue weighted by Gasteiger charge is 2.31. The Kier molecular flexibility index (Phi) is 6.08. The van der Waals surface area contributed by atoms with E-state index in [9.17, 15) is 10.1 Å². The van der Waals surface area contributed by atoms with Gasteiger partial charge in [-0.25, -0.2) is 4.79 Å². The first-order valence-corrected chi connectivity index (χ1v) is 11.3. The number of ether oxygens (including phenoxy) is 1. The molecule has 1 aliphatic carbocycles. The van der Waals surface area contributed by atoms with E-state index in [2.05, 4.69) is 42.3 Å². The summed E-state index contributed by atoms with van der Waals surface area (Å²) < 4.78 is 7.25. The lowest BCUT2D eigenvalue weighted by Gasteiger charge is -2.24. The number of hydrogen-bond acceptors (Lipinski definition) is 4. The van der Waals surface area contributed by atoms with Crippen LogP contribution in [-0.2, 0) is 11.3 Å². The molecule has 0 bridgehead atoms. The van der Waals surface area contributed by atoms with Gasteiger partial charge in [-0.3, -0.25) is 9.47 Å². The molecule has 1 heterocycles. The molecule has 5 heteroatoms. The van der Waals surface area contributed by atoms with Crippen LogP contribution in [-0.4, -0.2) is 34.3 Å². The summed E-state index contributed by atoms with van der Waals surface area (Å²) in [5.41, 5.74) is 3.29. The molecule has 1 aromatic heterocycles. The number of hydrogen-bond donors (Lipinski definition) is 0. The van der Waals surface area contributed by atoms with Crippen LogP contribution in [0.2, 0.25) is 0 Å². The summed E-state index contributed by atoms with van der Waals surface area (Å²) in [6.07, 6.45) is 4.77. The van der Waals surface area contributed by atoms with Crippen LogP contribution in [0, 0.1) is 11.3 Å². The lowest BCUT2D eigenvalue weighted by Crippen LogP contribution is -2.28. The maximum Gasteiger partial charge on any atom is 0.419 e. The second kappa shape index (κ2) is 8.80. The Morgan fingerprint density at radius 3 is 2.62 bits per heavy atom. The van der Waals surface area contributed by atoms with Crippen molar-refractivity contribution in [2.45, 2.75) is 64.1 Å². The Morgan fingerprint density at radius 1 is 1.19 bits per heavy atom. The number of carbonyl (C=O) groups is 1. The first-order valence-electron chi connectivity index (χ1n) is 11.3. The molecule has 0 saturated heterocycles. The summed E-state index contributed by atoms with van der Waals surface area (Å²) >= 11 is 0. The summed E-state index contributed by atoms with van der Waals surface area (Å²) in [7, 11) is 2.19. The topological polar surface area (TPSA) is 58.3 Å². The minimum Gasteiger partial charge on any atom is -0.443 e. The summed E-state index contributed by atoms with van der Waals surface area (Å²) in [5, 5.41) is 10.4. The van der Waals surface area contributed by atoms with Gasteiger partial charge in [-0.15, -0.1) is 0 Å². The van der Waals surface area contributed by atoms with Crippen LogP contribution >= 0.6 is 0 Å². The lowest BCUT2D eigenvalue weighted by molar-refractivity contribution is 0.0544. The summed E-state index contributed by atoms with van der Waals surface area (Å²) in [4.78, 5) is 15.3. The SMILES string of the molecule is CN(Cc1ccccc1)[C@H]1CC[C@H](c2cn(C(=O)OC(C)(C)C)c3ccc(C#N)cc23)C1. The molecule has 0 radical (unpaired) electrons. The standard InChI is InChI=1S/C27H31N3O2/c1-27(2,3)32-26(31)30-18-24(23-14-20(16-28)10-13-25(23)30)21-11-12-22(15-21)29(4)17-19-8-6-5-7-9-19/h5-10,13-14,18,21-22H,11-12,15,17H2,1-4H3/t21-,22-/m0/s1. The molecule has 0 aliphatic heterocycles. The van der Waals surface area contributed by atoms with Gasteiger partial charge in [-0.05, 0) is 82.3 Å². The van der Waals surface area contributed by atoms with Gasteiger partial charge in [0.05, 0.1) is 17.1 Å². The summed E-state index contributed by atoms with van der Waals surface area (Å²) in [5.74, 6) is 0.346. The van der Waals surface area contributed by atoms with Crippen LogP contribution in [0.25, 0.3) is 10.9 Å². The van der Waals surface area contributed by atoms with Crippen LogP contribution in [0.15, 0.2) is 54.7 Å². The van der Waals surface area contributed by atoms with E-state index in [1.165, 1.54) is 5.56 Å². The Hall–Kier alpha value is -3.10. The second-order valence-electron chi connectivity index (χ2n) is 9.84. The molecule has 166 valence electrons. The van der Waals surface area contributed by atoms with Crippen LogP contribution in [0.3, 0.4) is 0 Å². The second-order valence-corrected chi connectivity index (χ2v) is 9.84. The summed E-state index contributed by atoms with van der Waals surface area (Å²) in [6, 6.07) is 18.8. The lowest BCUT2D eigenvalue weighted by atomic mass is 9.96. The average molecular weight is 430 g/mol. The zero-order valence-corrected chi connectivity index (χ0v) is 19.3. The number of rotatable bonds is 4. The van der Waals surface area contributed by atoms with E-state index in [0.717, 1.165) is 42.3 Å². The molecule has 0 spiro atoms. The molecule has 32 heavy (non-hydrogen) atoms. The quantitative estimate of drug-likeness (QED) is 0.505. The van der Waals surface area contributed by atoms with Crippen molar-refractivity contribution in [1.29, 1.82) is 5.26 Å². The number of benzene rings is 2. The zero-order chi connectivity index (χ0) is 22.9. The Labute approximate surface area is 190 Å². The molecule has 2 aromatic carbocycles. The predicted octanol–water partition coefficient (Wildman–Crippen LogP) is 6.06. The van der Waals surface area contributed by atoms with Crippen LogP contribution in [0.4, 0.5) is 4.79 Å². The number of aromatic nitrogens is 1. The molecule has 4 rings (SSSR count). The molecular weight excluding hydrogens is 398 g/mol. The van der Waals surface area contributed by atoms with Crippen LogP contribution < -0.4 is 0 Å². The fourth-order valence-electron chi connectivity index (χ4n) is 4.75. The Balaban J connectivity index is 1.61. The van der Waals surface area contributed by atoms with Gasteiger partial charge >= 0.3 is 6.09 Å². The minimum atomic E-state index is -0.570.